The predicted molar refractivity (Wildman–Crippen MR) is 46.9 cm³/mol. The molecule has 0 aromatic carbocycles. The molecule has 0 aromatic heterocycles. The molecular formula is C9H13F2NO2. The van der Waals surface area contributed by atoms with Gasteiger partial charge in [-0.25, -0.2) is 0 Å². The Hall–Kier alpha value is -0.970. The minimum Gasteiger partial charge on any atom is -0.350 e. The predicted octanol–water partition coefficient (Wildman–Crippen LogP) is 1.45. The van der Waals surface area contributed by atoms with Gasteiger partial charge in [0.05, 0.1) is 6.10 Å². The highest BCUT2D eigenvalue weighted by atomic mass is 19.3. The number of alkyl halides is 2. The van der Waals surface area contributed by atoms with E-state index >= 15 is 0 Å². The molecule has 0 radical (unpaired) electrons. The number of rotatable bonds is 4. The van der Waals surface area contributed by atoms with Gasteiger partial charge in [-0.3, -0.25) is 4.79 Å². The molecule has 0 heterocycles. The third-order valence-electron chi connectivity index (χ3n) is 2.21. The third-order valence-corrected chi connectivity index (χ3v) is 2.21. The van der Waals surface area contributed by atoms with Gasteiger partial charge in [-0.2, -0.15) is 8.78 Å². The van der Waals surface area contributed by atoms with Gasteiger partial charge in [0.15, 0.2) is 0 Å². The molecule has 1 aliphatic carbocycles. The zero-order valence-electron chi connectivity index (χ0n) is 7.71. The monoisotopic (exact) mass is 205 g/mol. The number of ether oxygens (including phenoxy) is 1. The van der Waals surface area contributed by atoms with Crippen LogP contribution in [-0.2, 0) is 9.53 Å². The average molecular weight is 205 g/mol. The van der Waals surface area contributed by atoms with E-state index in [0.717, 1.165) is 0 Å². The van der Waals surface area contributed by atoms with Crippen molar-refractivity contribution >= 4 is 5.91 Å². The normalized spacial score (nSPS) is 26.5. The number of hydrogen-bond acceptors (Lipinski definition) is 2. The fourth-order valence-corrected chi connectivity index (χ4v) is 1.60. The van der Waals surface area contributed by atoms with E-state index in [1.165, 1.54) is 6.08 Å². The van der Waals surface area contributed by atoms with Crippen molar-refractivity contribution in [3.05, 3.63) is 12.7 Å². The highest BCUT2D eigenvalue weighted by Crippen LogP contribution is 2.23. The van der Waals surface area contributed by atoms with Crippen LogP contribution in [0, 0.1) is 0 Å². The van der Waals surface area contributed by atoms with Gasteiger partial charge in [0, 0.05) is 6.04 Å². The molecular weight excluding hydrogens is 192 g/mol. The van der Waals surface area contributed by atoms with Crippen molar-refractivity contribution in [2.75, 3.05) is 0 Å². The van der Waals surface area contributed by atoms with Crippen LogP contribution in [0.3, 0.4) is 0 Å². The number of amides is 1. The zero-order chi connectivity index (χ0) is 10.6. The lowest BCUT2D eigenvalue weighted by molar-refractivity contribution is -0.160. The van der Waals surface area contributed by atoms with Gasteiger partial charge in [0.2, 0.25) is 5.91 Å². The standard InChI is InChI=1S/C9H13F2NO2/c1-2-8(13)12-6-3-4-7(5-6)14-9(10)11/h2,6-7,9H,1,3-5H2,(H,12,13). The second kappa shape index (κ2) is 5.05. The molecule has 1 rings (SSSR count). The summed E-state index contributed by atoms with van der Waals surface area (Å²) in [4.78, 5) is 10.9. The first-order chi connectivity index (χ1) is 6.61. The van der Waals surface area contributed by atoms with Crippen LogP contribution >= 0.6 is 0 Å². The molecule has 1 amide bonds. The van der Waals surface area contributed by atoms with Crippen molar-refractivity contribution in [1.82, 2.24) is 5.32 Å². The Labute approximate surface area is 81.1 Å². The van der Waals surface area contributed by atoms with Crippen LogP contribution in [0.25, 0.3) is 0 Å². The number of nitrogens with one attached hydrogen (secondary N) is 1. The zero-order valence-corrected chi connectivity index (χ0v) is 7.71. The molecule has 1 aliphatic rings. The number of carbonyl (C=O) groups excluding carboxylic acids is 1. The first-order valence-corrected chi connectivity index (χ1v) is 4.48. The molecule has 0 aromatic rings. The SMILES string of the molecule is C=CC(=O)NC1CCC(OC(F)F)C1. The molecule has 2 atom stereocenters. The smallest absolute Gasteiger partial charge is 0.345 e. The van der Waals surface area contributed by atoms with Crippen LogP contribution in [-0.4, -0.2) is 24.7 Å². The van der Waals surface area contributed by atoms with Crippen LogP contribution in [0.4, 0.5) is 8.78 Å². The largest absolute Gasteiger partial charge is 0.350 e. The average Bonchev–Trinajstić information content (AvgIpc) is 2.51. The highest BCUT2D eigenvalue weighted by Gasteiger charge is 2.27. The Morgan fingerprint density at radius 1 is 1.57 bits per heavy atom. The number of carbonyl (C=O) groups is 1. The molecule has 1 N–H and O–H groups in total. The van der Waals surface area contributed by atoms with Crippen molar-refractivity contribution in [3.8, 4) is 0 Å². The van der Waals surface area contributed by atoms with E-state index in [0.29, 0.717) is 19.3 Å². The summed E-state index contributed by atoms with van der Waals surface area (Å²) in [7, 11) is 0. The van der Waals surface area contributed by atoms with Crippen LogP contribution in [0.15, 0.2) is 12.7 Å². The van der Waals surface area contributed by atoms with Crippen LogP contribution in [0.5, 0.6) is 0 Å². The van der Waals surface area contributed by atoms with Crippen molar-refractivity contribution in [1.29, 1.82) is 0 Å². The van der Waals surface area contributed by atoms with Gasteiger partial charge in [0.1, 0.15) is 0 Å². The maximum atomic E-state index is 11.8. The van der Waals surface area contributed by atoms with Gasteiger partial charge in [0.25, 0.3) is 0 Å². The van der Waals surface area contributed by atoms with E-state index in [4.69, 9.17) is 0 Å². The lowest BCUT2D eigenvalue weighted by atomic mass is 10.2. The third kappa shape index (κ3) is 3.41. The van der Waals surface area contributed by atoms with E-state index < -0.39 is 12.7 Å². The molecule has 0 aliphatic heterocycles. The van der Waals surface area contributed by atoms with Gasteiger partial charge in [-0.1, -0.05) is 6.58 Å². The fraction of sp³-hybridized carbons (Fsp3) is 0.667. The minimum atomic E-state index is -2.73. The molecule has 0 saturated heterocycles. The highest BCUT2D eigenvalue weighted by molar-refractivity contribution is 5.87. The van der Waals surface area contributed by atoms with Crippen molar-refractivity contribution in [2.45, 2.75) is 38.0 Å². The minimum absolute atomic E-state index is 0.0655. The summed E-state index contributed by atoms with van der Waals surface area (Å²) in [5, 5.41) is 2.65. The van der Waals surface area contributed by atoms with E-state index in [-0.39, 0.29) is 11.9 Å². The van der Waals surface area contributed by atoms with Crippen LogP contribution < -0.4 is 5.32 Å². The van der Waals surface area contributed by atoms with Gasteiger partial charge < -0.3 is 10.1 Å². The second-order valence-electron chi connectivity index (χ2n) is 3.24. The summed E-state index contributed by atoms with van der Waals surface area (Å²) in [6, 6.07) is -0.0655. The van der Waals surface area contributed by atoms with Crippen molar-refractivity contribution in [3.63, 3.8) is 0 Å². The summed E-state index contributed by atoms with van der Waals surface area (Å²) in [5.74, 6) is -0.271. The summed E-state index contributed by atoms with van der Waals surface area (Å²) in [6.07, 6.45) is 2.42. The first-order valence-electron chi connectivity index (χ1n) is 4.48. The van der Waals surface area contributed by atoms with Gasteiger partial charge in [-0.05, 0) is 25.3 Å². The quantitative estimate of drug-likeness (QED) is 0.705. The Bertz CT molecular complexity index is 221. The topological polar surface area (TPSA) is 38.3 Å². The molecule has 0 bridgehead atoms. The molecule has 14 heavy (non-hydrogen) atoms. The van der Waals surface area contributed by atoms with Gasteiger partial charge in [-0.15, -0.1) is 0 Å². The van der Waals surface area contributed by atoms with Crippen molar-refractivity contribution in [2.24, 2.45) is 0 Å². The lowest BCUT2D eigenvalue weighted by Gasteiger charge is -2.12. The van der Waals surface area contributed by atoms with Gasteiger partial charge >= 0.3 is 6.61 Å². The van der Waals surface area contributed by atoms with E-state index in [9.17, 15) is 13.6 Å². The van der Waals surface area contributed by atoms with Crippen LogP contribution in [0.2, 0.25) is 0 Å². The summed E-state index contributed by atoms with van der Waals surface area (Å²) in [5.41, 5.74) is 0. The lowest BCUT2D eigenvalue weighted by Crippen LogP contribution is -2.32. The van der Waals surface area contributed by atoms with E-state index in [1.807, 2.05) is 0 Å². The number of halogens is 2. The Morgan fingerprint density at radius 2 is 2.29 bits per heavy atom. The summed E-state index contributed by atoms with van der Waals surface area (Å²) < 4.78 is 28.0. The second-order valence-corrected chi connectivity index (χ2v) is 3.24. The number of hydrogen-bond donors (Lipinski definition) is 1. The Kier molecular flexibility index (Phi) is 4.00. The summed E-state index contributed by atoms with van der Waals surface area (Å²) in [6.45, 7) is 0.579. The molecule has 1 saturated carbocycles. The van der Waals surface area contributed by atoms with Crippen LogP contribution in [0.1, 0.15) is 19.3 Å². The summed E-state index contributed by atoms with van der Waals surface area (Å²) >= 11 is 0. The van der Waals surface area contributed by atoms with Crippen molar-refractivity contribution < 1.29 is 18.3 Å². The Balaban J connectivity index is 2.26. The Morgan fingerprint density at radius 3 is 2.86 bits per heavy atom. The first kappa shape index (κ1) is 11.1. The fourth-order valence-electron chi connectivity index (χ4n) is 1.60. The molecule has 80 valence electrons. The van der Waals surface area contributed by atoms with E-state index in [1.54, 1.807) is 0 Å². The molecule has 5 heteroatoms. The molecule has 2 unspecified atom stereocenters. The van der Waals surface area contributed by atoms with E-state index in [2.05, 4.69) is 16.6 Å². The maximum absolute atomic E-state index is 11.8. The molecule has 1 fully saturated rings. The maximum Gasteiger partial charge on any atom is 0.345 e. The molecule has 0 spiro atoms. The molecule has 3 nitrogen and oxygen atoms in total.